The van der Waals surface area contributed by atoms with Crippen molar-refractivity contribution in [2.75, 3.05) is 30.4 Å². The van der Waals surface area contributed by atoms with Gasteiger partial charge in [-0.1, -0.05) is 6.07 Å². The third-order valence-corrected chi connectivity index (χ3v) is 3.36. The van der Waals surface area contributed by atoms with E-state index in [1.165, 1.54) is 12.1 Å². The number of aliphatic hydroxyl groups is 1. The summed E-state index contributed by atoms with van der Waals surface area (Å²) in [6.45, 7) is 0.708. The molecule has 100 valence electrons. The Kier molecular flexibility index (Phi) is 6.38. The number of aromatic hydroxyl groups is 1. The molecular formula is C12H18N2O3S. The molecule has 1 amide bonds. The monoisotopic (exact) mass is 270 g/mol. The fourth-order valence-corrected chi connectivity index (χ4v) is 2.13. The summed E-state index contributed by atoms with van der Waals surface area (Å²) in [6.07, 6.45) is 0.759. The molecule has 0 atom stereocenters. The molecule has 0 aliphatic carbocycles. The van der Waals surface area contributed by atoms with Gasteiger partial charge in [0.25, 0.3) is 5.91 Å². The summed E-state index contributed by atoms with van der Waals surface area (Å²) in [4.78, 5) is 11.7. The van der Waals surface area contributed by atoms with E-state index in [2.05, 4.69) is 5.32 Å². The molecule has 18 heavy (non-hydrogen) atoms. The average molecular weight is 270 g/mol. The Bertz CT molecular complexity index is 399. The Morgan fingerprint density at radius 1 is 1.39 bits per heavy atom. The van der Waals surface area contributed by atoms with Gasteiger partial charge in [-0.2, -0.15) is 11.8 Å². The van der Waals surface area contributed by atoms with Crippen LogP contribution in [0.1, 0.15) is 16.8 Å². The summed E-state index contributed by atoms with van der Waals surface area (Å²) < 4.78 is 0. The molecule has 6 heteroatoms. The number of nitrogens with one attached hydrogen (secondary N) is 1. The van der Waals surface area contributed by atoms with Crippen LogP contribution in [-0.4, -0.2) is 40.8 Å². The number of carbonyl (C=O) groups is 1. The first-order chi connectivity index (χ1) is 8.66. The highest BCUT2D eigenvalue weighted by Crippen LogP contribution is 2.23. The second-order valence-corrected chi connectivity index (χ2v) is 4.91. The molecule has 1 rings (SSSR count). The van der Waals surface area contributed by atoms with Crippen molar-refractivity contribution in [3.8, 4) is 5.75 Å². The van der Waals surface area contributed by atoms with Crippen LogP contribution in [0.15, 0.2) is 18.2 Å². The van der Waals surface area contributed by atoms with Gasteiger partial charge in [0.1, 0.15) is 0 Å². The van der Waals surface area contributed by atoms with E-state index in [9.17, 15) is 9.90 Å². The van der Waals surface area contributed by atoms with Crippen LogP contribution >= 0.6 is 11.8 Å². The second-order valence-electron chi connectivity index (χ2n) is 3.69. The molecule has 0 fully saturated rings. The minimum Gasteiger partial charge on any atom is -0.505 e. The maximum absolute atomic E-state index is 11.7. The van der Waals surface area contributed by atoms with Crippen molar-refractivity contribution in [1.29, 1.82) is 0 Å². The van der Waals surface area contributed by atoms with Crippen LogP contribution in [-0.2, 0) is 0 Å². The lowest BCUT2D eigenvalue weighted by molar-refractivity contribution is 0.0953. The quantitative estimate of drug-likeness (QED) is 0.334. The molecule has 5 N–H and O–H groups in total. The molecule has 0 saturated carbocycles. The third-order valence-electron chi connectivity index (χ3n) is 2.29. The fraction of sp³-hybridized carbons (Fsp3) is 0.417. The highest BCUT2D eigenvalue weighted by Gasteiger charge is 2.11. The normalized spacial score (nSPS) is 10.3. The number of carbonyl (C=O) groups excluding carboxylic acids is 1. The second kappa shape index (κ2) is 7.84. The van der Waals surface area contributed by atoms with Gasteiger partial charge < -0.3 is 21.3 Å². The van der Waals surface area contributed by atoms with Crippen LogP contribution in [0.5, 0.6) is 5.75 Å². The van der Waals surface area contributed by atoms with Crippen molar-refractivity contribution in [3.05, 3.63) is 23.8 Å². The van der Waals surface area contributed by atoms with Gasteiger partial charge in [-0.05, 0) is 24.3 Å². The Morgan fingerprint density at radius 3 is 2.89 bits per heavy atom. The first-order valence-corrected chi connectivity index (χ1v) is 6.86. The van der Waals surface area contributed by atoms with Crippen LogP contribution in [0.2, 0.25) is 0 Å². The number of nitrogens with two attached hydrogens (primary N) is 1. The van der Waals surface area contributed by atoms with E-state index in [-0.39, 0.29) is 29.5 Å². The molecule has 0 saturated heterocycles. The van der Waals surface area contributed by atoms with Crippen LogP contribution < -0.4 is 11.1 Å². The number of benzene rings is 1. The summed E-state index contributed by atoms with van der Waals surface area (Å²) in [5.41, 5.74) is 5.89. The van der Waals surface area contributed by atoms with Gasteiger partial charge in [0.2, 0.25) is 0 Å². The van der Waals surface area contributed by atoms with E-state index in [0.717, 1.165) is 17.9 Å². The Morgan fingerprint density at radius 2 is 2.17 bits per heavy atom. The number of hydrogen-bond acceptors (Lipinski definition) is 5. The minimum absolute atomic E-state index is 0.178. The lowest BCUT2D eigenvalue weighted by atomic mass is 10.1. The standard InChI is InChI=1S/C12H18N2O3S/c13-10-4-1-3-9(11(10)16)12(17)14-5-8-18-7-2-6-15/h1,3-4,15-16H,2,5-8,13H2,(H,14,17). The number of aliphatic hydroxyl groups excluding tert-OH is 1. The molecule has 1 aromatic rings. The molecule has 0 aliphatic rings. The molecule has 0 spiro atoms. The lowest BCUT2D eigenvalue weighted by Crippen LogP contribution is -2.26. The zero-order chi connectivity index (χ0) is 13.4. The fourth-order valence-electron chi connectivity index (χ4n) is 1.35. The number of nitrogen functional groups attached to an aromatic ring is 1. The maximum Gasteiger partial charge on any atom is 0.255 e. The van der Waals surface area contributed by atoms with Crippen molar-refractivity contribution in [2.24, 2.45) is 0 Å². The van der Waals surface area contributed by atoms with Crippen molar-refractivity contribution in [1.82, 2.24) is 5.32 Å². The molecule has 0 bridgehead atoms. The Balaban J connectivity index is 2.35. The zero-order valence-electron chi connectivity index (χ0n) is 10.1. The first kappa shape index (κ1) is 14.7. The van der Waals surface area contributed by atoms with Crippen LogP contribution in [0, 0.1) is 0 Å². The minimum atomic E-state index is -0.331. The van der Waals surface area contributed by atoms with E-state index >= 15 is 0 Å². The molecule has 0 aromatic heterocycles. The molecule has 0 unspecified atom stereocenters. The highest BCUT2D eigenvalue weighted by atomic mass is 32.2. The average Bonchev–Trinajstić information content (AvgIpc) is 2.36. The number of phenolic OH excluding ortho intramolecular Hbond substituents is 1. The van der Waals surface area contributed by atoms with E-state index in [1.54, 1.807) is 17.8 Å². The van der Waals surface area contributed by atoms with Crippen LogP contribution in [0.3, 0.4) is 0 Å². The largest absolute Gasteiger partial charge is 0.505 e. The lowest BCUT2D eigenvalue weighted by Gasteiger charge is -2.08. The molecule has 1 aromatic carbocycles. The van der Waals surface area contributed by atoms with Gasteiger partial charge in [0.05, 0.1) is 11.3 Å². The summed E-state index contributed by atoms with van der Waals surface area (Å²) >= 11 is 1.66. The molecular weight excluding hydrogens is 252 g/mol. The summed E-state index contributed by atoms with van der Waals surface area (Å²) in [6, 6.07) is 4.69. The topological polar surface area (TPSA) is 95.6 Å². The Hall–Kier alpha value is -1.40. The van der Waals surface area contributed by atoms with Crippen molar-refractivity contribution >= 4 is 23.4 Å². The predicted molar refractivity (Wildman–Crippen MR) is 73.9 cm³/mol. The molecule has 5 nitrogen and oxygen atoms in total. The Labute approximate surface area is 110 Å². The predicted octanol–water partition coefficient (Wildman–Crippen LogP) is 0.820. The van der Waals surface area contributed by atoms with Crippen molar-refractivity contribution in [2.45, 2.75) is 6.42 Å². The van der Waals surface area contributed by atoms with Crippen LogP contribution in [0.25, 0.3) is 0 Å². The van der Waals surface area contributed by atoms with E-state index in [1.807, 2.05) is 0 Å². The smallest absolute Gasteiger partial charge is 0.255 e. The van der Waals surface area contributed by atoms with Crippen LogP contribution in [0.4, 0.5) is 5.69 Å². The van der Waals surface area contributed by atoms with Gasteiger partial charge in [0, 0.05) is 18.9 Å². The van der Waals surface area contributed by atoms with Gasteiger partial charge in [0.15, 0.2) is 5.75 Å². The summed E-state index contributed by atoms with van der Waals surface area (Å²) in [5, 5.41) is 20.9. The van der Waals surface area contributed by atoms with Gasteiger partial charge in [-0.15, -0.1) is 0 Å². The van der Waals surface area contributed by atoms with E-state index in [0.29, 0.717) is 6.54 Å². The van der Waals surface area contributed by atoms with Gasteiger partial charge >= 0.3 is 0 Å². The number of rotatable bonds is 7. The maximum atomic E-state index is 11.7. The highest BCUT2D eigenvalue weighted by molar-refractivity contribution is 7.99. The number of thioether (sulfide) groups is 1. The number of para-hydroxylation sites is 1. The number of amides is 1. The van der Waals surface area contributed by atoms with Crippen molar-refractivity contribution in [3.63, 3.8) is 0 Å². The molecule has 0 aliphatic heterocycles. The number of phenols is 1. The summed E-state index contributed by atoms with van der Waals surface area (Å²) in [7, 11) is 0. The number of anilines is 1. The molecule has 0 radical (unpaired) electrons. The van der Waals surface area contributed by atoms with Gasteiger partial charge in [-0.25, -0.2) is 0 Å². The third kappa shape index (κ3) is 4.46. The summed E-state index contributed by atoms with van der Waals surface area (Å²) in [5.74, 6) is 1.13. The van der Waals surface area contributed by atoms with E-state index < -0.39 is 0 Å². The zero-order valence-corrected chi connectivity index (χ0v) is 10.9. The van der Waals surface area contributed by atoms with E-state index in [4.69, 9.17) is 10.8 Å². The van der Waals surface area contributed by atoms with Gasteiger partial charge in [-0.3, -0.25) is 4.79 Å². The number of hydrogen-bond donors (Lipinski definition) is 4. The first-order valence-electron chi connectivity index (χ1n) is 5.71. The van der Waals surface area contributed by atoms with Crippen molar-refractivity contribution < 1.29 is 15.0 Å². The molecule has 0 heterocycles. The SMILES string of the molecule is Nc1cccc(C(=O)NCCSCCCO)c1O.